The fourth-order valence-corrected chi connectivity index (χ4v) is 4.57. The molecular formula is C18H17ClN2O7S. The molecule has 2 amide bonds. The van der Waals surface area contributed by atoms with E-state index in [9.17, 15) is 29.4 Å². The summed E-state index contributed by atoms with van der Waals surface area (Å²) in [4.78, 5) is 48.6. The Kier molecular flexibility index (Phi) is 6.15. The van der Waals surface area contributed by atoms with E-state index in [0.29, 0.717) is 10.6 Å². The molecule has 1 aromatic carbocycles. The Balaban J connectivity index is 1.72. The molecule has 29 heavy (non-hydrogen) atoms. The molecular weight excluding hydrogens is 424 g/mol. The first kappa shape index (κ1) is 21.2. The molecule has 1 saturated heterocycles. The lowest BCUT2D eigenvalue weighted by molar-refractivity contribution is -0.152. The third kappa shape index (κ3) is 4.24. The minimum Gasteiger partial charge on any atom is -0.477 e. The van der Waals surface area contributed by atoms with Crippen LogP contribution in [0.2, 0.25) is 5.02 Å². The third-order valence-corrected chi connectivity index (χ3v) is 5.98. The van der Waals surface area contributed by atoms with Gasteiger partial charge in [0.15, 0.2) is 6.10 Å². The normalized spacial score (nSPS) is 21.8. The number of hydrogen-bond donors (Lipinski definition) is 3. The summed E-state index contributed by atoms with van der Waals surface area (Å²) < 4.78 is 4.86. The van der Waals surface area contributed by atoms with Crippen molar-refractivity contribution in [3.63, 3.8) is 0 Å². The van der Waals surface area contributed by atoms with Crippen molar-refractivity contribution in [3.8, 4) is 0 Å². The van der Waals surface area contributed by atoms with Crippen LogP contribution in [0.15, 0.2) is 35.5 Å². The fourth-order valence-electron chi connectivity index (χ4n) is 3.04. The Labute approximate surface area is 174 Å². The number of nitrogens with one attached hydrogen (secondary N) is 1. The van der Waals surface area contributed by atoms with E-state index >= 15 is 0 Å². The number of aliphatic hydroxyl groups excluding tert-OH is 1. The molecule has 9 nitrogen and oxygen atoms in total. The van der Waals surface area contributed by atoms with Crippen molar-refractivity contribution < 1.29 is 34.1 Å². The van der Waals surface area contributed by atoms with E-state index in [4.69, 9.17) is 16.3 Å². The molecule has 2 aliphatic heterocycles. The van der Waals surface area contributed by atoms with Crippen LogP contribution in [0.4, 0.5) is 0 Å². The number of carboxylic acid groups (broad SMARTS) is 1. The predicted octanol–water partition coefficient (Wildman–Crippen LogP) is 0.675. The number of carboxylic acids is 1. The summed E-state index contributed by atoms with van der Waals surface area (Å²) in [7, 11) is 0. The van der Waals surface area contributed by atoms with Crippen LogP contribution in [-0.4, -0.2) is 62.6 Å². The van der Waals surface area contributed by atoms with Crippen molar-refractivity contribution in [2.45, 2.75) is 24.4 Å². The molecule has 0 aromatic heterocycles. The van der Waals surface area contributed by atoms with Gasteiger partial charge in [-0.2, -0.15) is 0 Å². The quantitative estimate of drug-likeness (QED) is 0.434. The van der Waals surface area contributed by atoms with E-state index in [-0.39, 0.29) is 23.6 Å². The van der Waals surface area contributed by atoms with E-state index in [1.807, 2.05) is 0 Å². The van der Waals surface area contributed by atoms with Crippen molar-refractivity contribution >= 4 is 47.1 Å². The summed E-state index contributed by atoms with van der Waals surface area (Å²) in [6.07, 6.45) is -1.53. The highest BCUT2D eigenvalue weighted by molar-refractivity contribution is 8.00. The van der Waals surface area contributed by atoms with E-state index in [1.54, 1.807) is 12.1 Å². The molecule has 3 atom stereocenters. The van der Waals surface area contributed by atoms with Crippen LogP contribution >= 0.6 is 23.4 Å². The van der Waals surface area contributed by atoms with Crippen molar-refractivity contribution in [3.05, 3.63) is 46.1 Å². The van der Waals surface area contributed by atoms with Gasteiger partial charge >= 0.3 is 11.9 Å². The largest absolute Gasteiger partial charge is 0.477 e. The Morgan fingerprint density at radius 1 is 1.41 bits per heavy atom. The van der Waals surface area contributed by atoms with Gasteiger partial charge in [-0.25, -0.2) is 4.79 Å². The topological polar surface area (TPSA) is 133 Å². The second-order valence-electron chi connectivity index (χ2n) is 6.39. The van der Waals surface area contributed by atoms with Gasteiger partial charge in [0.25, 0.3) is 11.8 Å². The number of aliphatic carboxylic acids is 1. The van der Waals surface area contributed by atoms with Gasteiger partial charge in [-0.1, -0.05) is 23.7 Å². The number of fused-ring (bicyclic) bond motifs is 1. The van der Waals surface area contributed by atoms with Crippen LogP contribution < -0.4 is 5.32 Å². The average molecular weight is 441 g/mol. The first-order valence-electron chi connectivity index (χ1n) is 8.48. The van der Waals surface area contributed by atoms with Crippen molar-refractivity contribution in [1.82, 2.24) is 10.2 Å². The number of nitrogens with zero attached hydrogens (tertiary/aromatic N) is 1. The highest BCUT2D eigenvalue weighted by Crippen LogP contribution is 2.40. The van der Waals surface area contributed by atoms with Gasteiger partial charge in [-0.3, -0.25) is 19.3 Å². The summed E-state index contributed by atoms with van der Waals surface area (Å²) in [5.74, 6) is -3.09. The third-order valence-electron chi connectivity index (χ3n) is 4.41. The molecule has 1 unspecified atom stereocenters. The van der Waals surface area contributed by atoms with E-state index < -0.39 is 41.3 Å². The number of carbonyl (C=O) groups is 4. The Morgan fingerprint density at radius 3 is 2.76 bits per heavy atom. The number of carbonyl (C=O) groups excluding carboxylic acids is 3. The van der Waals surface area contributed by atoms with Crippen molar-refractivity contribution in [1.29, 1.82) is 0 Å². The highest BCUT2D eigenvalue weighted by Gasteiger charge is 2.54. The number of esters is 1. The number of amides is 2. The first-order valence-corrected chi connectivity index (χ1v) is 9.90. The molecule has 1 fully saturated rings. The molecule has 2 heterocycles. The highest BCUT2D eigenvalue weighted by atomic mass is 35.5. The zero-order valence-corrected chi connectivity index (χ0v) is 16.7. The van der Waals surface area contributed by atoms with Crippen LogP contribution in [0.25, 0.3) is 0 Å². The Hall–Kier alpha value is -2.56. The number of ether oxygens (including phenoxy) is 1. The first-order chi connectivity index (χ1) is 13.7. The van der Waals surface area contributed by atoms with Crippen LogP contribution in [-0.2, 0) is 23.9 Å². The Morgan fingerprint density at radius 2 is 2.14 bits per heavy atom. The number of aliphatic hydroxyl groups is 1. The SMILES string of the molecule is CC(=O)OCC1=C(C(=O)O)N2C(=O)[C@@H](NC(=O)C(O)c3cccc(Cl)c3)[C@H]2SC1. The molecule has 154 valence electrons. The second kappa shape index (κ2) is 8.44. The maximum atomic E-state index is 12.5. The monoisotopic (exact) mass is 440 g/mol. The molecule has 0 bridgehead atoms. The Bertz CT molecular complexity index is 919. The fraction of sp³-hybridized carbons (Fsp3) is 0.333. The van der Waals surface area contributed by atoms with Crippen LogP contribution in [0.1, 0.15) is 18.6 Å². The second-order valence-corrected chi connectivity index (χ2v) is 7.93. The van der Waals surface area contributed by atoms with Gasteiger partial charge < -0.3 is 20.3 Å². The molecule has 1 aromatic rings. The maximum Gasteiger partial charge on any atom is 0.352 e. The van der Waals surface area contributed by atoms with E-state index in [2.05, 4.69) is 5.32 Å². The van der Waals surface area contributed by atoms with Crippen LogP contribution in [0.5, 0.6) is 0 Å². The standard InChI is InChI=1S/C18H17ClN2O7S/c1-8(22)28-6-10-7-29-17-12(16(25)21(17)13(10)18(26)27)20-15(24)14(23)9-3-2-4-11(19)5-9/h2-5,12,14,17,23H,6-7H2,1H3,(H,20,24)(H,26,27)/t12-,14?,17-/m1/s1. The number of β-lactam (4-membered cyclic amide) rings is 1. The van der Waals surface area contributed by atoms with Gasteiger partial charge in [0.1, 0.15) is 23.7 Å². The molecule has 0 saturated carbocycles. The van der Waals surface area contributed by atoms with E-state index in [1.165, 1.54) is 30.8 Å². The van der Waals surface area contributed by atoms with E-state index in [0.717, 1.165) is 4.90 Å². The van der Waals surface area contributed by atoms with Crippen molar-refractivity contribution in [2.24, 2.45) is 0 Å². The number of halogens is 1. The summed E-state index contributed by atoms with van der Waals surface area (Å²) in [6.45, 7) is 0.969. The zero-order chi connectivity index (χ0) is 21.3. The number of benzene rings is 1. The number of hydrogen-bond acceptors (Lipinski definition) is 7. The van der Waals surface area contributed by atoms with Gasteiger partial charge in [-0.15, -0.1) is 11.8 Å². The minimum absolute atomic E-state index is 0.215. The molecule has 2 aliphatic rings. The van der Waals surface area contributed by atoms with Gasteiger partial charge in [0.2, 0.25) is 0 Å². The molecule has 11 heteroatoms. The lowest BCUT2D eigenvalue weighted by Crippen LogP contribution is -2.71. The van der Waals surface area contributed by atoms with Gasteiger partial charge in [0, 0.05) is 23.3 Å². The lowest BCUT2D eigenvalue weighted by atomic mass is 10.0. The molecule has 3 N–H and O–H groups in total. The summed E-state index contributed by atoms with van der Waals surface area (Å²) >= 11 is 7.09. The zero-order valence-electron chi connectivity index (χ0n) is 15.1. The molecule has 0 aliphatic carbocycles. The average Bonchev–Trinajstić information content (AvgIpc) is 2.68. The minimum atomic E-state index is -1.53. The number of rotatable bonds is 6. The molecule has 3 rings (SSSR count). The van der Waals surface area contributed by atoms with Gasteiger partial charge in [-0.05, 0) is 17.7 Å². The molecule has 0 spiro atoms. The smallest absolute Gasteiger partial charge is 0.352 e. The molecule has 0 radical (unpaired) electrons. The van der Waals surface area contributed by atoms with Crippen LogP contribution in [0, 0.1) is 0 Å². The predicted molar refractivity (Wildman–Crippen MR) is 103 cm³/mol. The van der Waals surface area contributed by atoms with Crippen LogP contribution in [0.3, 0.4) is 0 Å². The van der Waals surface area contributed by atoms with Crippen molar-refractivity contribution in [2.75, 3.05) is 12.4 Å². The summed E-state index contributed by atoms with van der Waals surface area (Å²) in [5, 5.41) is 21.9. The lowest BCUT2D eigenvalue weighted by Gasteiger charge is -2.49. The number of thioether (sulfide) groups is 1. The van der Waals surface area contributed by atoms with Gasteiger partial charge in [0.05, 0.1) is 0 Å². The summed E-state index contributed by atoms with van der Waals surface area (Å²) in [6, 6.07) is 5.14. The maximum absolute atomic E-state index is 12.5. The summed E-state index contributed by atoms with van der Waals surface area (Å²) in [5.41, 5.74) is 0.316.